The van der Waals surface area contributed by atoms with Crippen LogP contribution in [0.25, 0.3) is 0 Å². The highest BCUT2D eigenvalue weighted by molar-refractivity contribution is 5.37. The van der Waals surface area contributed by atoms with E-state index < -0.39 is 0 Å². The molecule has 19 heavy (non-hydrogen) atoms. The molecule has 0 spiro atoms. The van der Waals surface area contributed by atoms with Crippen LogP contribution in [0.1, 0.15) is 75.8 Å². The Balaban J connectivity index is 2.02. The fourth-order valence-corrected chi connectivity index (χ4v) is 2.16. The highest BCUT2D eigenvalue weighted by atomic mass is 14.0. The van der Waals surface area contributed by atoms with Gasteiger partial charge in [-0.15, -0.1) is 0 Å². The van der Waals surface area contributed by atoms with Crippen molar-refractivity contribution in [2.45, 2.75) is 64.7 Å². The predicted octanol–water partition coefficient (Wildman–Crippen LogP) is 5.75. The molecule has 0 amide bonds. The van der Waals surface area contributed by atoms with E-state index in [1.807, 2.05) is 18.2 Å². The van der Waals surface area contributed by atoms with Gasteiger partial charge in [0.2, 0.25) is 0 Å². The lowest BCUT2D eigenvalue weighted by Gasteiger charge is -1.99. The lowest BCUT2D eigenvalue weighted by atomic mass is 10.1. The molecule has 1 rings (SSSR count). The zero-order valence-electron chi connectivity index (χ0n) is 12.4. The van der Waals surface area contributed by atoms with Gasteiger partial charge in [-0.05, 0) is 31.0 Å². The molecule has 0 aliphatic carbocycles. The van der Waals surface area contributed by atoms with E-state index in [2.05, 4.69) is 31.8 Å². The van der Waals surface area contributed by atoms with Crippen molar-refractivity contribution in [3.05, 3.63) is 42.3 Å². The summed E-state index contributed by atoms with van der Waals surface area (Å²) in [5.41, 5.74) is 2.13. The van der Waals surface area contributed by atoms with Crippen LogP contribution < -0.4 is 0 Å². The maximum Gasteiger partial charge on any atom is 0.0247 e. The van der Waals surface area contributed by atoms with Gasteiger partial charge in [-0.2, -0.15) is 0 Å². The largest absolute Gasteiger partial charge is 0.0979 e. The van der Waals surface area contributed by atoms with Gasteiger partial charge in [0.05, 0.1) is 0 Å². The molecule has 1 aromatic rings. The second-order valence-corrected chi connectivity index (χ2v) is 5.23. The van der Waals surface area contributed by atoms with Crippen molar-refractivity contribution < 1.29 is 0 Å². The summed E-state index contributed by atoms with van der Waals surface area (Å²) in [5.74, 6) is 6.48. The first kappa shape index (κ1) is 15.8. The Bertz CT molecular complexity index is 392. The molecule has 0 saturated heterocycles. The first-order valence-electron chi connectivity index (χ1n) is 7.74. The number of hydrogen-bond donors (Lipinski definition) is 0. The summed E-state index contributed by atoms with van der Waals surface area (Å²) in [7, 11) is 0. The fraction of sp³-hybridized carbons (Fsp3) is 0.526. The second kappa shape index (κ2) is 10.7. The lowest BCUT2D eigenvalue weighted by molar-refractivity contribution is 0.579. The Morgan fingerprint density at radius 3 is 2.32 bits per heavy atom. The summed E-state index contributed by atoms with van der Waals surface area (Å²) in [6.45, 7) is 6.18. The van der Waals surface area contributed by atoms with E-state index in [-0.39, 0.29) is 0 Å². The molecule has 0 nitrogen and oxygen atoms in total. The Hall–Kier alpha value is -1.22. The van der Waals surface area contributed by atoms with E-state index in [4.69, 9.17) is 0 Å². The van der Waals surface area contributed by atoms with E-state index in [0.29, 0.717) is 0 Å². The third-order valence-electron chi connectivity index (χ3n) is 3.32. The maximum atomic E-state index is 3.91. The molecule has 1 radical (unpaired) electrons. The van der Waals surface area contributed by atoms with Gasteiger partial charge in [-0.25, -0.2) is 0 Å². The zero-order chi connectivity index (χ0) is 13.8. The summed E-state index contributed by atoms with van der Waals surface area (Å²) in [6.07, 6.45) is 11.9. The molecule has 0 aliphatic rings. The van der Waals surface area contributed by atoms with Gasteiger partial charge in [0.15, 0.2) is 0 Å². The molecular weight excluding hydrogens is 228 g/mol. The van der Waals surface area contributed by atoms with Crippen molar-refractivity contribution in [3.63, 3.8) is 0 Å². The van der Waals surface area contributed by atoms with Gasteiger partial charge in [0, 0.05) is 12.0 Å². The Labute approximate surface area is 119 Å². The summed E-state index contributed by atoms with van der Waals surface area (Å²) >= 11 is 0. The lowest BCUT2D eigenvalue weighted by Crippen LogP contribution is -1.80. The van der Waals surface area contributed by atoms with Crippen molar-refractivity contribution in [1.29, 1.82) is 0 Å². The average molecular weight is 255 g/mol. The summed E-state index contributed by atoms with van der Waals surface area (Å²) in [6, 6.07) is 8.11. The van der Waals surface area contributed by atoms with E-state index >= 15 is 0 Å². The van der Waals surface area contributed by atoms with Crippen LogP contribution in [0.3, 0.4) is 0 Å². The summed E-state index contributed by atoms with van der Waals surface area (Å²) in [4.78, 5) is 0. The molecule has 0 saturated carbocycles. The van der Waals surface area contributed by atoms with Crippen molar-refractivity contribution >= 4 is 0 Å². The molecule has 0 fully saturated rings. The molecule has 0 aromatic heterocycles. The first-order chi connectivity index (χ1) is 9.33. The van der Waals surface area contributed by atoms with Crippen LogP contribution in [0.5, 0.6) is 0 Å². The highest BCUT2D eigenvalue weighted by Crippen LogP contribution is 2.09. The quantitative estimate of drug-likeness (QED) is 0.410. The van der Waals surface area contributed by atoms with Crippen LogP contribution in [0.15, 0.2) is 24.3 Å². The topological polar surface area (TPSA) is 0 Å². The normalized spacial score (nSPS) is 10.0. The number of rotatable bonds is 8. The van der Waals surface area contributed by atoms with Crippen molar-refractivity contribution in [2.24, 2.45) is 0 Å². The van der Waals surface area contributed by atoms with Gasteiger partial charge in [-0.3, -0.25) is 0 Å². The zero-order valence-corrected chi connectivity index (χ0v) is 12.4. The van der Waals surface area contributed by atoms with Crippen LogP contribution in [0.2, 0.25) is 0 Å². The third kappa shape index (κ3) is 8.49. The van der Waals surface area contributed by atoms with Crippen molar-refractivity contribution in [2.75, 3.05) is 0 Å². The minimum Gasteiger partial charge on any atom is -0.0979 e. The second-order valence-electron chi connectivity index (χ2n) is 5.23. The van der Waals surface area contributed by atoms with Gasteiger partial charge in [0.25, 0.3) is 0 Å². The van der Waals surface area contributed by atoms with Gasteiger partial charge < -0.3 is 0 Å². The molecule has 103 valence electrons. The molecule has 0 atom stereocenters. The van der Waals surface area contributed by atoms with Crippen LogP contribution >= 0.6 is 0 Å². The molecular formula is C19H27. The van der Waals surface area contributed by atoms with Crippen LogP contribution in [-0.4, -0.2) is 0 Å². The van der Waals surface area contributed by atoms with E-state index in [1.54, 1.807) is 0 Å². The van der Waals surface area contributed by atoms with E-state index in [0.717, 1.165) is 17.5 Å². The van der Waals surface area contributed by atoms with Crippen LogP contribution in [-0.2, 0) is 0 Å². The minimum absolute atomic E-state index is 1.02. The standard InChI is InChI=1S/C19H27/c1-3-4-5-6-7-8-9-10-11-12-15-19-16-13-14-18(2)17-19/h13-14,16-17H,2-11H2,1H3. The monoisotopic (exact) mass is 255 g/mol. The number of hydrogen-bond acceptors (Lipinski definition) is 0. The molecule has 0 unspecified atom stereocenters. The minimum atomic E-state index is 1.02. The average Bonchev–Trinajstić information content (AvgIpc) is 2.41. The maximum absolute atomic E-state index is 3.91. The number of unbranched alkanes of at least 4 members (excludes halogenated alkanes) is 8. The van der Waals surface area contributed by atoms with Crippen molar-refractivity contribution in [1.82, 2.24) is 0 Å². The highest BCUT2D eigenvalue weighted by Gasteiger charge is 1.90. The molecule has 0 bridgehead atoms. The summed E-state index contributed by atoms with van der Waals surface area (Å²) in [5, 5.41) is 0. The number of benzene rings is 1. The molecule has 0 heteroatoms. The van der Waals surface area contributed by atoms with Gasteiger partial charge in [0.1, 0.15) is 0 Å². The van der Waals surface area contributed by atoms with E-state index in [9.17, 15) is 0 Å². The predicted molar refractivity (Wildman–Crippen MR) is 85.0 cm³/mol. The van der Waals surface area contributed by atoms with E-state index in [1.165, 1.54) is 51.4 Å². The third-order valence-corrected chi connectivity index (χ3v) is 3.32. The van der Waals surface area contributed by atoms with Crippen LogP contribution in [0.4, 0.5) is 0 Å². The SMILES string of the molecule is [CH2]c1cccc(C#CCCCCCCCCCC)c1. The molecule has 1 aromatic carbocycles. The van der Waals surface area contributed by atoms with Crippen molar-refractivity contribution in [3.8, 4) is 11.8 Å². The smallest absolute Gasteiger partial charge is 0.0247 e. The van der Waals surface area contributed by atoms with Gasteiger partial charge in [-0.1, -0.05) is 75.8 Å². The Morgan fingerprint density at radius 1 is 0.947 bits per heavy atom. The molecule has 0 heterocycles. The summed E-state index contributed by atoms with van der Waals surface area (Å²) < 4.78 is 0. The molecule has 0 N–H and O–H groups in total. The fourth-order valence-electron chi connectivity index (χ4n) is 2.16. The Morgan fingerprint density at radius 2 is 1.63 bits per heavy atom. The Kier molecular flexibility index (Phi) is 8.90. The van der Waals surface area contributed by atoms with Gasteiger partial charge >= 0.3 is 0 Å². The first-order valence-corrected chi connectivity index (χ1v) is 7.74. The molecule has 0 aliphatic heterocycles. The van der Waals surface area contributed by atoms with Crippen LogP contribution in [0, 0.1) is 18.8 Å².